The summed E-state index contributed by atoms with van der Waals surface area (Å²) in [6.45, 7) is 1.99. The molecule has 7 nitrogen and oxygen atoms in total. The van der Waals surface area contributed by atoms with Gasteiger partial charge in [0.2, 0.25) is 11.8 Å². The van der Waals surface area contributed by atoms with Crippen molar-refractivity contribution in [2.24, 2.45) is 11.8 Å². The molecule has 1 aliphatic carbocycles. The molecule has 9 heteroatoms. The summed E-state index contributed by atoms with van der Waals surface area (Å²) in [6, 6.07) is 18.6. The van der Waals surface area contributed by atoms with Crippen LogP contribution < -0.4 is 10.6 Å². The molecule has 0 spiro atoms. The maximum atomic E-state index is 14.2. The van der Waals surface area contributed by atoms with Gasteiger partial charge in [0.1, 0.15) is 23.7 Å². The van der Waals surface area contributed by atoms with Gasteiger partial charge in [-0.3, -0.25) is 14.4 Å². The van der Waals surface area contributed by atoms with E-state index in [-0.39, 0.29) is 36.1 Å². The maximum absolute atomic E-state index is 14.2. The molecule has 0 aromatic heterocycles. The van der Waals surface area contributed by atoms with Gasteiger partial charge in [0.05, 0.1) is 12.5 Å². The van der Waals surface area contributed by atoms with Crippen LogP contribution in [0.15, 0.2) is 78.9 Å². The largest absolute Gasteiger partial charge is 0.344 e. The van der Waals surface area contributed by atoms with Crippen LogP contribution in [0, 0.1) is 23.5 Å². The Balaban J connectivity index is 1.44. The van der Waals surface area contributed by atoms with Crippen LogP contribution in [0.25, 0.3) is 0 Å². The van der Waals surface area contributed by atoms with Crippen LogP contribution in [-0.2, 0) is 20.8 Å². The lowest BCUT2D eigenvalue weighted by Gasteiger charge is -2.34. The Labute approximate surface area is 256 Å². The molecular weight excluding hydrogens is 564 g/mol. The minimum absolute atomic E-state index is 0.155. The average molecular weight is 604 g/mol. The van der Waals surface area contributed by atoms with Gasteiger partial charge in [0, 0.05) is 24.4 Å². The van der Waals surface area contributed by atoms with Crippen molar-refractivity contribution >= 4 is 17.6 Å². The number of hydrogen-bond donors (Lipinski definition) is 3. The average Bonchev–Trinajstić information content (AvgIpc) is 3.10. The molecular formula is C35H39F2N3O4. The fraction of sp³-hybridized carbons (Fsp3) is 0.400. The molecule has 1 aliphatic heterocycles. The fourth-order valence-corrected chi connectivity index (χ4v) is 6.77. The van der Waals surface area contributed by atoms with Crippen LogP contribution in [0.1, 0.15) is 67.7 Å². The Bertz CT molecular complexity index is 1430. The summed E-state index contributed by atoms with van der Waals surface area (Å²) in [5.41, 5.74) is 1.73. The van der Waals surface area contributed by atoms with Crippen LogP contribution in [0.2, 0.25) is 0 Å². The number of nitrogens with zero attached hydrogens (tertiary/aromatic N) is 1. The lowest BCUT2D eigenvalue weighted by molar-refractivity contribution is -0.147. The molecule has 1 saturated heterocycles. The van der Waals surface area contributed by atoms with Crippen LogP contribution in [0.4, 0.5) is 8.78 Å². The van der Waals surface area contributed by atoms with Crippen molar-refractivity contribution in [2.45, 2.75) is 69.5 Å². The highest BCUT2D eigenvalue weighted by atomic mass is 19.1. The molecule has 2 amide bonds. The van der Waals surface area contributed by atoms with E-state index in [2.05, 4.69) is 10.6 Å². The van der Waals surface area contributed by atoms with E-state index in [0.717, 1.165) is 48.1 Å². The zero-order chi connectivity index (χ0) is 31.2. The third-order valence-corrected chi connectivity index (χ3v) is 9.05. The number of hydroxylamine groups is 2. The van der Waals surface area contributed by atoms with Crippen molar-refractivity contribution in [2.75, 3.05) is 6.54 Å². The lowest BCUT2D eigenvalue weighted by atomic mass is 9.81. The van der Waals surface area contributed by atoms with Gasteiger partial charge >= 0.3 is 0 Å². The van der Waals surface area contributed by atoms with E-state index in [0.29, 0.717) is 18.4 Å². The van der Waals surface area contributed by atoms with E-state index >= 15 is 0 Å². The fourth-order valence-electron chi connectivity index (χ4n) is 6.77. The normalized spacial score (nSPS) is 23.9. The minimum atomic E-state index is -1.10. The van der Waals surface area contributed by atoms with Gasteiger partial charge in [-0.05, 0) is 47.6 Å². The van der Waals surface area contributed by atoms with Gasteiger partial charge < -0.3 is 15.8 Å². The smallest absolute Gasteiger partial charge is 0.243 e. The second kappa shape index (κ2) is 14.2. The highest BCUT2D eigenvalue weighted by Crippen LogP contribution is 2.37. The Morgan fingerprint density at radius 1 is 0.909 bits per heavy atom. The number of halogens is 2. The molecule has 1 saturated carbocycles. The second-order valence-electron chi connectivity index (χ2n) is 12.1. The first kappa shape index (κ1) is 31.5. The summed E-state index contributed by atoms with van der Waals surface area (Å²) < 4.78 is 27.5. The van der Waals surface area contributed by atoms with Crippen molar-refractivity contribution in [3.63, 3.8) is 0 Å². The summed E-state index contributed by atoms with van der Waals surface area (Å²) in [5.74, 6) is -3.88. The zero-order valence-corrected chi connectivity index (χ0v) is 24.8. The predicted molar refractivity (Wildman–Crippen MR) is 162 cm³/mol. The summed E-state index contributed by atoms with van der Waals surface area (Å²) in [5, 5.41) is 18.4. The topological polar surface area (TPSA) is 98.7 Å². The van der Waals surface area contributed by atoms with Gasteiger partial charge in [-0.1, -0.05) is 86.8 Å². The highest BCUT2D eigenvalue weighted by Gasteiger charge is 2.45. The quantitative estimate of drug-likeness (QED) is 0.316. The van der Waals surface area contributed by atoms with Crippen molar-refractivity contribution in [1.82, 2.24) is 15.7 Å². The Kier molecular flexibility index (Phi) is 10.2. The number of rotatable bonds is 8. The molecule has 2 fully saturated rings. The van der Waals surface area contributed by atoms with E-state index < -0.39 is 47.5 Å². The standard InChI is InChI=1S/C35H39F2N3O4/c1-22-29(24-11-5-2-6-12-24)21-40(44)33(26-15-9-4-10-16-26)32(34(22)42)39-35(43)31(25-13-7-3-8-14-25)38-30(41)19-23-17-27(36)20-28(37)18-23/h2,4-6,9-12,15-18,20,22,25,29,31-33,44H,3,7-8,13-14,19,21H2,1H3,(H,38,41)(H,39,43)/t22-,29+,31-,32-,33+/m0/s1. The number of carbonyl (C=O) groups is 3. The van der Waals surface area contributed by atoms with Crippen molar-refractivity contribution in [3.05, 3.63) is 107 Å². The highest BCUT2D eigenvalue weighted by molar-refractivity contribution is 5.95. The molecule has 0 unspecified atom stereocenters. The van der Waals surface area contributed by atoms with Gasteiger partial charge in [-0.15, -0.1) is 0 Å². The minimum Gasteiger partial charge on any atom is -0.344 e. The van der Waals surface area contributed by atoms with E-state index in [9.17, 15) is 28.4 Å². The Hall–Kier alpha value is -3.95. The molecule has 3 N–H and O–H groups in total. The number of ketones is 1. The summed E-state index contributed by atoms with van der Waals surface area (Å²) in [6.07, 6.45) is 3.94. The molecule has 2 aliphatic rings. The molecule has 44 heavy (non-hydrogen) atoms. The summed E-state index contributed by atoms with van der Waals surface area (Å²) in [4.78, 5) is 41.5. The third kappa shape index (κ3) is 7.39. The van der Waals surface area contributed by atoms with Crippen LogP contribution in [0.5, 0.6) is 0 Å². The monoisotopic (exact) mass is 603 g/mol. The first-order valence-corrected chi connectivity index (χ1v) is 15.3. The van der Waals surface area contributed by atoms with Crippen molar-refractivity contribution < 1.29 is 28.4 Å². The van der Waals surface area contributed by atoms with Gasteiger partial charge in [-0.2, -0.15) is 5.06 Å². The summed E-state index contributed by atoms with van der Waals surface area (Å²) in [7, 11) is 0. The van der Waals surface area contributed by atoms with E-state index in [1.54, 1.807) is 0 Å². The Morgan fingerprint density at radius 3 is 2.11 bits per heavy atom. The first-order valence-electron chi connectivity index (χ1n) is 15.3. The summed E-state index contributed by atoms with van der Waals surface area (Å²) >= 11 is 0. The number of benzene rings is 3. The number of amides is 2. The maximum Gasteiger partial charge on any atom is 0.243 e. The number of nitrogens with one attached hydrogen (secondary N) is 2. The second-order valence-corrected chi connectivity index (χ2v) is 12.1. The molecule has 1 heterocycles. The zero-order valence-electron chi connectivity index (χ0n) is 24.8. The lowest BCUT2D eigenvalue weighted by Crippen LogP contribution is -2.57. The number of hydrogen-bond acceptors (Lipinski definition) is 5. The van der Waals surface area contributed by atoms with Crippen LogP contribution in [0.3, 0.4) is 0 Å². The van der Waals surface area contributed by atoms with Gasteiger partial charge in [-0.25, -0.2) is 8.78 Å². The molecule has 5 rings (SSSR count). The van der Waals surface area contributed by atoms with Crippen LogP contribution >= 0.6 is 0 Å². The molecule has 0 radical (unpaired) electrons. The van der Waals surface area contributed by atoms with Crippen LogP contribution in [-0.4, -0.2) is 46.5 Å². The first-order chi connectivity index (χ1) is 21.2. The molecule has 3 aromatic carbocycles. The molecule has 232 valence electrons. The van der Waals surface area contributed by atoms with Gasteiger partial charge in [0.25, 0.3) is 0 Å². The SMILES string of the molecule is C[C@@H]1C(=O)[C@@H](NC(=O)[C@@H](NC(=O)Cc2cc(F)cc(F)c2)C2CCCCC2)[C@@H](c2ccccc2)N(O)C[C@H]1c1ccccc1. The third-order valence-electron chi connectivity index (χ3n) is 9.05. The molecule has 0 bridgehead atoms. The Morgan fingerprint density at radius 2 is 1.50 bits per heavy atom. The van der Waals surface area contributed by atoms with E-state index in [4.69, 9.17) is 0 Å². The van der Waals surface area contributed by atoms with E-state index in [1.807, 2.05) is 67.6 Å². The predicted octanol–water partition coefficient (Wildman–Crippen LogP) is 5.49. The molecule has 3 aromatic rings. The van der Waals surface area contributed by atoms with Crippen molar-refractivity contribution in [3.8, 4) is 0 Å². The van der Waals surface area contributed by atoms with E-state index in [1.165, 1.54) is 0 Å². The number of Topliss-reactive ketones (excluding diaryl/α,β-unsaturated/α-hetero) is 1. The van der Waals surface area contributed by atoms with Gasteiger partial charge in [0.15, 0.2) is 5.78 Å². The number of carbonyl (C=O) groups excluding carboxylic acids is 3. The molecule has 5 atom stereocenters. The van der Waals surface area contributed by atoms with Crippen molar-refractivity contribution in [1.29, 1.82) is 0 Å².